The number of benzene rings is 1. The number of carbonyl (C=O) groups is 1. The molecule has 1 N–H and O–H groups in total. The summed E-state index contributed by atoms with van der Waals surface area (Å²) in [5, 5.41) is 20.6. The van der Waals surface area contributed by atoms with E-state index in [1.807, 2.05) is 30.3 Å². The van der Waals surface area contributed by atoms with Crippen molar-refractivity contribution in [1.82, 2.24) is 4.90 Å². The van der Waals surface area contributed by atoms with Crippen LogP contribution in [-0.2, 0) is 0 Å². The van der Waals surface area contributed by atoms with Crippen LogP contribution in [0.5, 0.6) is 0 Å². The van der Waals surface area contributed by atoms with Crippen LogP contribution in [-0.4, -0.2) is 30.4 Å². The molecule has 0 saturated heterocycles. The highest BCUT2D eigenvalue weighted by Gasteiger charge is 2.18. The Balaban J connectivity index is 2.91. The van der Waals surface area contributed by atoms with E-state index in [0.29, 0.717) is 18.7 Å². The predicted molar refractivity (Wildman–Crippen MR) is 81.6 cm³/mol. The summed E-state index contributed by atoms with van der Waals surface area (Å²) in [7, 11) is 0. The van der Waals surface area contributed by atoms with Gasteiger partial charge in [0.1, 0.15) is 0 Å². The third-order valence-electron chi connectivity index (χ3n) is 3.00. The number of hydrogen-bond acceptors (Lipinski definition) is 4. The fourth-order valence-electron chi connectivity index (χ4n) is 1.94. The fraction of sp³-hybridized carbons (Fsp3) is 0.438. The summed E-state index contributed by atoms with van der Waals surface area (Å²) in [6.45, 7) is 3.54. The zero-order valence-corrected chi connectivity index (χ0v) is 12.3. The van der Waals surface area contributed by atoms with Crippen molar-refractivity contribution in [1.29, 1.82) is 10.5 Å². The molecule has 1 aromatic carbocycles. The molecule has 0 bridgehead atoms. The normalized spacial score (nSPS) is 9.48. The summed E-state index contributed by atoms with van der Waals surface area (Å²) in [6.07, 6.45) is 1.50. The van der Waals surface area contributed by atoms with Gasteiger partial charge in [0, 0.05) is 25.3 Å². The SMILES string of the molecule is CCCNc1ccccc1C(=O)N(CCC#N)CCC#N. The Bertz CT molecular complexity index is 524. The number of nitrogens with zero attached hydrogens (tertiary/aromatic N) is 3. The molecule has 5 heteroatoms. The van der Waals surface area contributed by atoms with Gasteiger partial charge in [-0.3, -0.25) is 4.79 Å². The van der Waals surface area contributed by atoms with E-state index in [0.717, 1.165) is 18.7 Å². The van der Waals surface area contributed by atoms with Crippen molar-refractivity contribution in [2.75, 3.05) is 25.0 Å². The maximum atomic E-state index is 12.6. The Morgan fingerprint density at radius 2 is 1.81 bits per heavy atom. The molecule has 0 heterocycles. The number of carbonyl (C=O) groups excluding carboxylic acids is 1. The van der Waals surface area contributed by atoms with Crippen LogP contribution in [0, 0.1) is 22.7 Å². The third-order valence-corrected chi connectivity index (χ3v) is 3.00. The largest absolute Gasteiger partial charge is 0.384 e. The van der Waals surface area contributed by atoms with E-state index in [9.17, 15) is 4.79 Å². The summed E-state index contributed by atoms with van der Waals surface area (Å²) in [5.74, 6) is -0.139. The molecule has 1 amide bonds. The molecule has 0 unspecified atom stereocenters. The number of para-hydroxylation sites is 1. The first kappa shape index (κ1) is 16.5. The van der Waals surface area contributed by atoms with E-state index < -0.39 is 0 Å². The molecule has 0 fully saturated rings. The van der Waals surface area contributed by atoms with Gasteiger partial charge in [-0.15, -0.1) is 0 Å². The number of amides is 1. The van der Waals surface area contributed by atoms with Crippen LogP contribution in [0.15, 0.2) is 24.3 Å². The summed E-state index contributed by atoms with van der Waals surface area (Å²) in [5.41, 5.74) is 1.38. The van der Waals surface area contributed by atoms with E-state index >= 15 is 0 Å². The van der Waals surface area contributed by atoms with Crippen LogP contribution < -0.4 is 5.32 Å². The second kappa shape index (κ2) is 9.39. The minimum Gasteiger partial charge on any atom is -0.384 e. The number of nitriles is 2. The molecule has 5 nitrogen and oxygen atoms in total. The van der Waals surface area contributed by atoms with Gasteiger partial charge in [0.15, 0.2) is 0 Å². The van der Waals surface area contributed by atoms with Gasteiger partial charge in [-0.25, -0.2) is 0 Å². The molecule has 0 aliphatic carbocycles. The lowest BCUT2D eigenvalue weighted by molar-refractivity contribution is 0.0763. The van der Waals surface area contributed by atoms with E-state index in [1.165, 1.54) is 0 Å². The topological polar surface area (TPSA) is 79.9 Å². The molecular weight excluding hydrogens is 264 g/mol. The van der Waals surface area contributed by atoms with Gasteiger partial charge < -0.3 is 10.2 Å². The maximum Gasteiger partial charge on any atom is 0.256 e. The van der Waals surface area contributed by atoms with Crippen LogP contribution in [0.1, 0.15) is 36.5 Å². The Hall–Kier alpha value is -2.53. The summed E-state index contributed by atoms with van der Waals surface area (Å²) in [4.78, 5) is 14.2. The average molecular weight is 284 g/mol. The summed E-state index contributed by atoms with van der Waals surface area (Å²) >= 11 is 0. The van der Waals surface area contributed by atoms with Gasteiger partial charge in [0.25, 0.3) is 5.91 Å². The number of anilines is 1. The zero-order chi connectivity index (χ0) is 15.5. The number of rotatable bonds is 8. The van der Waals surface area contributed by atoms with Crippen LogP contribution in [0.2, 0.25) is 0 Å². The molecule has 0 spiro atoms. The van der Waals surface area contributed by atoms with E-state index in [4.69, 9.17) is 10.5 Å². The number of hydrogen-bond donors (Lipinski definition) is 1. The molecule has 110 valence electrons. The smallest absolute Gasteiger partial charge is 0.256 e. The molecule has 0 radical (unpaired) electrons. The van der Waals surface area contributed by atoms with Crippen molar-refractivity contribution in [2.24, 2.45) is 0 Å². The van der Waals surface area contributed by atoms with E-state index in [2.05, 4.69) is 12.2 Å². The van der Waals surface area contributed by atoms with Crippen molar-refractivity contribution >= 4 is 11.6 Å². The molecule has 0 atom stereocenters. The highest BCUT2D eigenvalue weighted by atomic mass is 16.2. The van der Waals surface area contributed by atoms with E-state index in [1.54, 1.807) is 11.0 Å². The predicted octanol–water partition coefficient (Wildman–Crippen LogP) is 2.78. The van der Waals surface area contributed by atoms with Crippen molar-refractivity contribution in [2.45, 2.75) is 26.2 Å². The first-order valence-electron chi connectivity index (χ1n) is 7.10. The lowest BCUT2D eigenvalue weighted by Crippen LogP contribution is -2.33. The lowest BCUT2D eigenvalue weighted by Gasteiger charge is -2.22. The van der Waals surface area contributed by atoms with Crippen molar-refractivity contribution in [3.8, 4) is 12.1 Å². The Morgan fingerprint density at radius 3 is 2.38 bits per heavy atom. The monoisotopic (exact) mass is 284 g/mol. The molecule has 0 aliphatic heterocycles. The van der Waals surface area contributed by atoms with Crippen molar-refractivity contribution < 1.29 is 4.79 Å². The highest BCUT2D eigenvalue weighted by Crippen LogP contribution is 2.17. The average Bonchev–Trinajstić information content (AvgIpc) is 2.52. The van der Waals surface area contributed by atoms with Gasteiger partial charge in [0.05, 0.1) is 30.5 Å². The maximum absolute atomic E-state index is 12.6. The molecule has 0 aromatic heterocycles. The molecule has 21 heavy (non-hydrogen) atoms. The highest BCUT2D eigenvalue weighted by molar-refractivity contribution is 5.99. The van der Waals surface area contributed by atoms with Gasteiger partial charge in [0.2, 0.25) is 0 Å². The molecule has 1 rings (SSSR count). The van der Waals surface area contributed by atoms with Gasteiger partial charge in [-0.1, -0.05) is 19.1 Å². The molecule has 1 aromatic rings. The van der Waals surface area contributed by atoms with Gasteiger partial charge >= 0.3 is 0 Å². The van der Waals surface area contributed by atoms with Gasteiger partial charge in [-0.2, -0.15) is 10.5 Å². The van der Waals surface area contributed by atoms with Crippen LogP contribution in [0.4, 0.5) is 5.69 Å². The lowest BCUT2D eigenvalue weighted by atomic mass is 10.1. The van der Waals surface area contributed by atoms with Crippen molar-refractivity contribution in [3.05, 3.63) is 29.8 Å². The second-order valence-electron chi connectivity index (χ2n) is 4.58. The summed E-state index contributed by atoms with van der Waals surface area (Å²) < 4.78 is 0. The van der Waals surface area contributed by atoms with Crippen molar-refractivity contribution in [3.63, 3.8) is 0 Å². The summed E-state index contributed by atoms with van der Waals surface area (Å²) in [6, 6.07) is 11.4. The Kier molecular flexibility index (Phi) is 7.39. The molecule has 0 saturated carbocycles. The quantitative estimate of drug-likeness (QED) is 0.796. The standard InChI is InChI=1S/C16H20N4O/c1-2-11-19-15-8-4-3-7-14(15)16(21)20(12-5-9-17)13-6-10-18/h3-4,7-8,19H,2,5-6,11-13H2,1H3. The van der Waals surface area contributed by atoms with E-state index in [-0.39, 0.29) is 18.7 Å². The molecular formula is C16H20N4O. The Labute approximate surface area is 125 Å². The Morgan fingerprint density at radius 1 is 1.19 bits per heavy atom. The van der Waals surface area contributed by atoms with Crippen LogP contribution in [0.3, 0.4) is 0 Å². The van der Waals surface area contributed by atoms with Gasteiger partial charge in [-0.05, 0) is 18.6 Å². The zero-order valence-electron chi connectivity index (χ0n) is 12.3. The molecule has 0 aliphatic rings. The first-order chi connectivity index (χ1) is 10.2. The first-order valence-corrected chi connectivity index (χ1v) is 7.10. The number of nitrogens with one attached hydrogen (secondary N) is 1. The van der Waals surface area contributed by atoms with Crippen LogP contribution >= 0.6 is 0 Å². The second-order valence-corrected chi connectivity index (χ2v) is 4.58. The third kappa shape index (κ3) is 5.16. The van der Waals surface area contributed by atoms with Crippen LogP contribution in [0.25, 0.3) is 0 Å². The minimum atomic E-state index is -0.139. The minimum absolute atomic E-state index is 0.139. The fourth-order valence-corrected chi connectivity index (χ4v) is 1.94.